The molecule has 0 spiro atoms. The molecule has 2 aromatic rings. The van der Waals surface area contributed by atoms with E-state index in [1.165, 1.54) is 4.70 Å². The summed E-state index contributed by atoms with van der Waals surface area (Å²) in [6, 6.07) is 8.19. The third-order valence-corrected chi connectivity index (χ3v) is 4.07. The van der Waals surface area contributed by atoms with Gasteiger partial charge in [-0.15, -0.1) is 0 Å². The lowest BCUT2D eigenvalue weighted by atomic mass is 10.3. The Balaban J connectivity index is 1.83. The predicted octanol–water partition coefficient (Wildman–Crippen LogP) is 1.90. The average Bonchev–Trinajstić information content (AvgIpc) is 2.82. The van der Waals surface area contributed by atoms with Gasteiger partial charge in [0.15, 0.2) is 11.3 Å². The van der Waals surface area contributed by atoms with Crippen LogP contribution in [-0.2, 0) is 0 Å². The zero-order chi connectivity index (χ0) is 11.7. The van der Waals surface area contributed by atoms with Crippen LogP contribution in [0.3, 0.4) is 0 Å². The lowest BCUT2D eigenvalue weighted by Gasteiger charge is -2.31. The number of nitriles is 1. The van der Waals surface area contributed by atoms with Crippen molar-refractivity contribution >= 4 is 26.7 Å². The van der Waals surface area contributed by atoms with E-state index in [1.54, 1.807) is 16.2 Å². The molecule has 0 N–H and O–H groups in total. The molecule has 0 bridgehead atoms. The van der Waals surface area contributed by atoms with Crippen LogP contribution in [0, 0.1) is 11.5 Å². The Morgan fingerprint density at radius 2 is 1.94 bits per heavy atom. The van der Waals surface area contributed by atoms with Crippen molar-refractivity contribution in [1.82, 2.24) is 9.88 Å². The molecular formula is C12H12N4S. The Kier molecular flexibility index (Phi) is 2.57. The molecule has 1 fully saturated rings. The minimum atomic E-state index is 0.798. The Hall–Kier alpha value is -1.80. The maximum absolute atomic E-state index is 8.81. The fourth-order valence-corrected chi connectivity index (χ4v) is 3.01. The van der Waals surface area contributed by atoms with Crippen LogP contribution >= 0.6 is 11.3 Å². The molecule has 0 atom stereocenters. The number of aromatic nitrogens is 1. The van der Waals surface area contributed by atoms with Crippen LogP contribution in [0.1, 0.15) is 0 Å². The van der Waals surface area contributed by atoms with E-state index in [0.29, 0.717) is 0 Å². The molecule has 1 aromatic carbocycles. The van der Waals surface area contributed by atoms with Gasteiger partial charge in [-0.1, -0.05) is 23.5 Å². The molecule has 5 heteroatoms. The molecule has 0 radical (unpaired) electrons. The van der Waals surface area contributed by atoms with Crippen molar-refractivity contribution in [3.05, 3.63) is 24.3 Å². The molecule has 0 unspecified atom stereocenters. The van der Waals surface area contributed by atoms with Gasteiger partial charge in [-0.2, -0.15) is 5.26 Å². The van der Waals surface area contributed by atoms with E-state index in [4.69, 9.17) is 5.26 Å². The van der Waals surface area contributed by atoms with E-state index in [2.05, 4.69) is 22.1 Å². The summed E-state index contributed by atoms with van der Waals surface area (Å²) in [5, 5.41) is 9.88. The number of benzene rings is 1. The second-order valence-electron chi connectivity index (χ2n) is 4.04. The number of piperazine rings is 1. The van der Waals surface area contributed by atoms with Crippen LogP contribution in [0.4, 0.5) is 5.13 Å². The van der Waals surface area contributed by atoms with Crippen molar-refractivity contribution in [3.8, 4) is 6.19 Å². The predicted molar refractivity (Wildman–Crippen MR) is 69.0 cm³/mol. The standard InChI is InChI=1S/C12H12N4S/c13-9-15-5-7-16(8-6-15)12-14-10-3-1-2-4-11(10)17-12/h1-4H,5-8H2. The van der Waals surface area contributed by atoms with Crippen molar-refractivity contribution in [2.24, 2.45) is 0 Å². The van der Waals surface area contributed by atoms with Crippen LogP contribution in [0.2, 0.25) is 0 Å². The van der Waals surface area contributed by atoms with Gasteiger partial charge in [-0.3, -0.25) is 0 Å². The van der Waals surface area contributed by atoms with Gasteiger partial charge in [-0.25, -0.2) is 4.98 Å². The molecule has 0 amide bonds. The molecule has 1 aliphatic heterocycles. The van der Waals surface area contributed by atoms with Crippen molar-refractivity contribution in [2.75, 3.05) is 31.1 Å². The van der Waals surface area contributed by atoms with Crippen LogP contribution in [-0.4, -0.2) is 36.1 Å². The first kappa shape index (κ1) is 10.4. The normalized spacial score (nSPS) is 16.2. The molecule has 0 aliphatic carbocycles. The molecule has 17 heavy (non-hydrogen) atoms. The molecule has 3 rings (SSSR count). The van der Waals surface area contributed by atoms with E-state index in [-0.39, 0.29) is 0 Å². The first-order valence-electron chi connectivity index (χ1n) is 5.62. The van der Waals surface area contributed by atoms with E-state index >= 15 is 0 Å². The number of hydrogen-bond donors (Lipinski definition) is 0. The van der Waals surface area contributed by atoms with Gasteiger partial charge in [0.1, 0.15) is 0 Å². The second-order valence-corrected chi connectivity index (χ2v) is 5.05. The van der Waals surface area contributed by atoms with Gasteiger partial charge < -0.3 is 9.80 Å². The molecule has 86 valence electrons. The van der Waals surface area contributed by atoms with Crippen molar-refractivity contribution in [2.45, 2.75) is 0 Å². The third kappa shape index (κ3) is 1.92. The van der Waals surface area contributed by atoms with Gasteiger partial charge in [-0.05, 0) is 12.1 Å². The minimum Gasteiger partial charge on any atom is -0.344 e. The Bertz CT molecular complexity index is 530. The summed E-state index contributed by atoms with van der Waals surface area (Å²) in [7, 11) is 0. The number of nitrogens with zero attached hydrogens (tertiary/aromatic N) is 4. The van der Waals surface area contributed by atoms with Gasteiger partial charge in [0.25, 0.3) is 0 Å². The van der Waals surface area contributed by atoms with E-state index in [9.17, 15) is 0 Å². The van der Waals surface area contributed by atoms with Crippen molar-refractivity contribution in [3.63, 3.8) is 0 Å². The largest absolute Gasteiger partial charge is 0.344 e. The molecular weight excluding hydrogens is 232 g/mol. The summed E-state index contributed by atoms with van der Waals surface area (Å²) in [4.78, 5) is 8.69. The highest BCUT2D eigenvalue weighted by Crippen LogP contribution is 2.28. The van der Waals surface area contributed by atoms with Gasteiger partial charge in [0.05, 0.1) is 10.2 Å². The summed E-state index contributed by atoms with van der Waals surface area (Å²) in [6.45, 7) is 3.36. The summed E-state index contributed by atoms with van der Waals surface area (Å²) < 4.78 is 1.23. The fraction of sp³-hybridized carbons (Fsp3) is 0.333. The molecule has 1 aromatic heterocycles. The number of thiazole rings is 1. The number of para-hydroxylation sites is 1. The topological polar surface area (TPSA) is 43.2 Å². The van der Waals surface area contributed by atoms with E-state index < -0.39 is 0 Å². The maximum Gasteiger partial charge on any atom is 0.186 e. The van der Waals surface area contributed by atoms with Gasteiger partial charge in [0, 0.05) is 26.2 Å². The smallest absolute Gasteiger partial charge is 0.186 e. The summed E-state index contributed by atoms with van der Waals surface area (Å²) in [5.74, 6) is 0. The van der Waals surface area contributed by atoms with Crippen LogP contribution in [0.25, 0.3) is 10.2 Å². The van der Waals surface area contributed by atoms with Crippen LogP contribution in [0.15, 0.2) is 24.3 Å². The highest BCUT2D eigenvalue weighted by Gasteiger charge is 2.18. The first-order valence-corrected chi connectivity index (χ1v) is 6.44. The minimum absolute atomic E-state index is 0.798. The Morgan fingerprint density at radius 3 is 2.65 bits per heavy atom. The number of anilines is 1. The highest BCUT2D eigenvalue weighted by molar-refractivity contribution is 7.22. The lowest BCUT2D eigenvalue weighted by molar-refractivity contribution is 0.363. The zero-order valence-corrected chi connectivity index (χ0v) is 10.2. The number of rotatable bonds is 1. The lowest BCUT2D eigenvalue weighted by Crippen LogP contribution is -2.44. The SMILES string of the molecule is N#CN1CCN(c2nc3ccccc3s2)CC1. The molecule has 4 nitrogen and oxygen atoms in total. The first-order chi connectivity index (χ1) is 8.36. The van der Waals surface area contributed by atoms with Crippen LogP contribution in [0.5, 0.6) is 0 Å². The van der Waals surface area contributed by atoms with E-state index in [0.717, 1.165) is 36.8 Å². The second kappa shape index (κ2) is 4.22. The van der Waals surface area contributed by atoms with E-state index in [1.807, 2.05) is 18.2 Å². The highest BCUT2D eigenvalue weighted by atomic mass is 32.1. The summed E-state index contributed by atoms with van der Waals surface area (Å²) in [5.41, 5.74) is 1.07. The number of fused-ring (bicyclic) bond motifs is 1. The monoisotopic (exact) mass is 244 g/mol. The molecule has 0 saturated carbocycles. The molecule has 2 heterocycles. The summed E-state index contributed by atoms with van der Waals surface area (Å²) in [6.07, 6.45) is 2.19. The van der Waals surface area contributed by atoms with Crippen molar-refractivity contribution < 1.29 is 0 Å². The fourth-order valence-electron chi connectivity index (χ4n) is 1.99. The quantitative estimate of drug-likeness (QED) is 0.719. The summed E-state index contributed by atoms with van der Waals surface area (Å²) >= 11 is 1.73. The third-order valence-electron chi connectivity index (χ3n) is 2.97. The molecule has 1 saturated heterocycles. The van der Waals surface area contributed by atoms with Gasteiger partial charge >= 0.3 is 0 Å². The van der Waals surface area contributed by atoms with Gasteiger partial charge in [0.2, 0.25) is 0 Å². The maximum atomic E-state index is 8.81. The zero-order valence-electron chi connectivity index (χ0n) is 9.33. The van der Waals surface area contributed by atoms with Crippen LogP contribution < -0.4 is 4.90 Å². The Morgan fingerprint density at radius 1 is 1.18 bits per heavy atom. The van der Waals surface area contributed by atoms with Crippen molar-refractivity contribution in [1.29, 1.82) is 5.26 Å². The number of hydrogen-bond acceptors (Lipinski definition) is 5. The molecule has 1 aliphatic rings. The Labute approximate surface area is 104 Å². The average molecular weight is 244 g/mol.